The summed E-state index contributed by atoms with van der Waals surface area (Å²) in [4.78, 5) is 2.27. The second-order valence-electron chi connectivity index (χ2n) is 2.15. The molecule has 0 radical (unpaired) electrons. The number of likely N-dealkylation sites (N-methyl/N-ethyl adjacent to an activating group) is 1. The van der Waals surface area contributed by atoms with Gasteiger partial charge in [0.15, 0.2) is 0 Å². The number of nitrogens with one attached hydrogen (secondary N) is 1. The van der Waals surface area contributed by atoms with Gasteiger partial charge in [0.05, 0.1) is 0 Å². The zero-order valence-corrected chi connectivity index (χ0v) is 11.1. The van der Waals surface area contributed by atoms with E-state index in [1.807, 2.05) is 0 Å². The Morgan fingerprint density at radius 3 is 2.50 bits per heavy atom. The van der Waals surface area contributed by atoms with Crippen molar-refractivity contribution in [3.8, 4) is 0 Å². The molecular formula is C7H17N2U-. The topological polar surface area (TPSA) is 15.3 Å². The summed E-state index contributed by atoms with van der Waals surface area (Å²) in [6.45, 7) is 9.96. The average molecular weight is 367 g/mol. The summed E-state index contributed by atoms with van der Waals surface area (Å²) < 4.78 is 0. The molecule has 0 unspecified atom stereocenters. The molecule has 0 rings (SSSR count). The molecule has 0 saturated heterocycles. The summed E-state index contributed by atoms with van der Waals surface area (Å²) in [6, 6.07) is 0. The van der Waals surface area contributed by atoms with E-state index in [1.54, 1.807) is 0 Å². The van der Waals surface area contributed by atoms with Crippen LogP contribution in [0.4, 0.5) is 0 Å². The van der Waals surface area contributed by atoms with Crippen molar-refractivity contribution < 1.29 is 31.1 Å². The Labute approximate surface area is 88.1 Å². The first-order valence-corrected chi connectivity index (χ1v) is 3.49. The summed E-state index contributed by atoms with van der Waals surface area (Å²) >= 11 is 0. The van der Waals surface area contributed by atoms with E-state index >= 15 is 0 Å². The molecule has 3 heteroatoms. The van der Waals surface area contributed by atoms with Crippen LogP contribution >= 0.6 is 0 Å². The molecule has 0 aromatic carbocycles. The van der Waals surface area contributed by atoms with E-state index in [-0.39, 0.29) is 31.1 Å². The average Bonchev–Trinajstić information content (AvgIpc) is 1.89. The quantitative estimate of drug-likeness (QED) is 0.558. The zero-order chi connectivity index (χ0) is 7.11. The fraction of sp³-hybridized carbons (Fsp3) is 0.857. The van der Waals surface area contributed by atoms with Crippen molar-refractivity contribution in [2.24, 2.45) is 0 Å². The van der Waals surface area contributed by atoms with E-state index in [0.29, 0.717) is 0 Å². The molecule has 2 nitrogen and oxygen atoms in total. The molecule has 10 heavy (non-hydrogen) atoms. The van der Waals surface area contributed by atoms with Crippen LogP contribution < -0.4 is 5.32 Å². The van der Waals surface area contributed by atoms with Gasteiger partial charge < -0.3 is 17.1 Å². The number of hydrogen-bond donors (Lipinski definition) is 1. The number of hydrogen-bond acceptors (Lipinski definition) is 2. The fourth-order valence-electron chi connectivity index (χ4n) is 0.553. The minimum absolute atomic E-state index is 0. The number of rotatable bonds is 5. The molecule has 0 heterocycles. The monoisotopic (exact) mass is 367 g/mol. The molecule has 0 aliphatic heterocycles. The molecule has 0 aliphatic carbocycles. The molecule has 0 bridgehead atoms. The van der Waals surface area contributed by atoms with E-state index in [9.17, 15) is 0 Å². The normalized spacial score (nSPS) is 9.60. The molecule has 0 spiro atoms. The van der Waals surface area contributed by atoms with Gasteiger partial charge in [-0.05, 0) is 13.6 Å². The fourth-order valence-corrected chi connectivity index (χ4v) is 0.553. The molecule has 1 N–H and O–H groups in total. The van der Waals surface area contributed by atoms with Gasteiger partial charge in [0, 0.05) is 44.2 Å². The van der Waals surface area contributed by atoms with Gasteiger partial charge in [-0.1, -0.05) is 6.92 Å². The summed E-state index contributed by atoms with van der Waals surface area (Å²) in [5.41, 5.74) is 0. The third-order valence-corrected chi connectivity index (χ3v) is 1.39. The maximum atomic E-state index is 3.68. The largest absolute Gasteiger partial charge is 0.345 e. The van der Waals surface area contributed by atoms with Gasteiger partial charge in [0.2, 0.25) is 0 Å². The summed E-state index contributed by atoms with van der Waals surface area (Å²) in [5.74, 6) is 0. The first kappa shape index (κ1) is 13.6. The smallest absolute Gasteiger partial charge is 0.0103 e. The van der Waals surface area contributed by atoms with Crippen LogP contribution in [0.3, 0.4) is 0 Å². The second kappa shape index (κ2) is 9.97. The van der Waals surface area contributed by atoms with Gasteiger partial charge in [-0.3, -0.25) is 0 Å². The van der Waals surface area contributed by atoms with Gasteiger partial charge in [0.25, 0.3) is 0 Å². The molecule has 0 atom stereocenters. The van der Waals surface area contributed by atoms with Crippen molar-refractivity contribution in [1.29, 1.82) is 0 Å². The first-order chi connectivity index (χ1) is 4.31. The SMILES string of the molecule is [CH2-]CNCCN(C)CC.[U]. The Hall–Kier alpha value is 0.972. The Morgan fingerprint density at radius 1 is 1.50 bits per heavy atom. The standard InChI is InChI=1S/C7H17N2.U/c1-4-8-6-7-9(3)5-2;/h8H,1,4-7H2,2-3H3;/q-1;. The van der Waals surface area contributed by atoms with Crippen molar-refractivity contribution >= 4 is 0 Å². The van der Waals surface area contributed by atoms with Crippen LogP contribution in [0.15, 0.2) is 0 Å². The number of nitrogens with zero attached hydrogens (tertiary/aromatic N) is 1. The Bertz CT molecular complexity index is 59.6. The van der Waals surface area contributed by atoms with Crippen LogP contribution in [0.5, 0.6) is 0 Å². The zero-order valence-electron chi connectivity index (χ0n) is 6.98. The molecular weight excluding hydrogens is 350 g/mol. The second-order valence-corrected chi connectivity index (χ2v) is 2.15. The van der Waals surface area contributed by atoms with Crippen LogP contribution in [-0.4, -0.2) is 38.1 Å². The predicted octanol–water partition coefficient (Wildman–Crippen LogP) is 0.362. The van der Waals surface area contributed by atoms with Crippen LogP contribution in [0, 0.1) is 38.0 Å². The van der Waals surface area contributed by atoms with E-state index in [0.717, 1.165) is 26.2 Å². The maximum absolute atomic E-state index is 3.68. The van der Waals surface area contributed by atoms with Crippen LogP contribution in [0.2, 0.25) is 0 Å². The van der Waals surface area contributed by atoms with Gasteiger partial charge in [0.1, 0.15) is 0 Å². The van der Waals surface area contributed by atoms with Crippen molar-refractivity contribution in [3.05, 3.63) is 6.92 Å². The van der Waals surface area contributed by atoms with E-state index in [2.05, 4.69) is 31.1 Å². The van der Waals surface area contributed by atoms with E-state index in [4.69, 9.17) is 0 Å². The van der Waals surface area contributed by atoms with Crippen molar-refractivity contribution in [2.75, 3.05) is 33.2 Å². The molecule has 60 valence electrons. The summed E-state index contributed by atoms with van der Waals surface area (Å²) in [7, 11) is 2.12. The minimum Gasteiger partial charge on any atom is -0.345 e. The van der Waals surface area contributed by atoms with E-state index in [1.165, 1.54) is 0 Å². The molecule has 0 aromatic heterocycles. The van der Waals surface area contributed by atoms with Crippen molar-refractivity contribution in [2.45, 2.75) is 6.92 Å². The molecule has 0 fully saturated rings. The van der Waals surface area contributed by atoms with Crippen LogP contribution in [-0.2, 0) is 0 Å². The summed E-state index contributed by atoms with van der Waals surface area (Å²) in [6.07, 6.45) is 0. The Morgan fingerprint density at radius 2 is 2.10 bits per heavy atom. The van der Waals surface area contributed by atoms with Gasteiger partial charge in [-0.15, -0.1) is 6.54 Å². The molecule has 0 aromatic rings. The third kappa shape index (κ3) is 8.97. The van der Waals surface area contributed by atoms with Gasteiger partial charge >= 0.3 is 0 Å². The maximum Gasteiger partial charge on any atom is 0.0103 e. The van der Waals surface area contributed by atoms with Gasteiger partial charge in [-0.2, -0.15) is 0 Å². The Balaban J connectivity index is 0. The Kier molecular flexibility index (Phi) is 13.5. The third-order valence-electron chi connectivity index (χ3n) is 1.39. The predicted molar refractivity (Wildman–Crippen MR) is 41.4 cm³/mol. The minimum atomic E-state index is 0. The van der Waals surface area contributed by atoms with Crippen molar-refractivity contribution in [1.82, 2.24) is 10.2 Å². The van der Waals surface area contributed by atoms with Crippen molar-refractivity contribution in [3.63, 3.8) is 0 Å². The molecule has 0 amide bonds. The summed E-state index contributed by atoms with van der Waals surface area (Å²) in [5, 5.41) is 3.16. The molecule has 0 aliphatic rings. The van der Waals surface area contributed by atoms with Gasteiger partial charge in [-0.25, -0.2) is 0 Å². The molecule has 0 saturated carbocycles. The van der Waals surface area contributed by atoms with Crippen LogP contribution in [0.1, 0.15) is 6.92 Å². The van der Waals surface area contributed by atoms with Crippen LogP contribution in [0.25, 0.3) is 0 Å². The van der Waals surface area contributed by atoms with E-state index < -0.39 is 0 Å². The first-order valence-electron chi connectivity index (χ1n) is 3.49.